The molecule has 4 rings (SSSR count). The third kappa shape index (κ3) is 4.18. The summed E-state index contributed by atoms with van der Waals surface area (Å²) < 4.78 is 27.2. The molecule has 1 aromatic heterocycles. The number of nitrogens with zero attached hydrogens (tertiary/aromatic N) is 2. The highest BCUT2D eigenvalue weighted by atomic mass is 35.5. The Bertz CT molecular complexity index is 993. The summed E-state index contributed by atoms with van der Waals surface area (Å²) in [7, 11) is -3.77. The molecule has 0 aliphatic carbocycles. The summed E-state index contributed by atoms with van der Waals surface area (Å²) >= 11 is 13.7. The molecule has 2 aliphatic rings. The first-order chi connectivity index (χ1) is 13.9. The Morgan fingerprint density at radius 3 is 2.52 bits per heavy atom. The number of carbonyl (C=O) groups excluding carboxylic acids is 1. The van der Waals surface area contributed by atoms with Crippen LogP contribution in [0.15, 0.2) is 40.6 Å². The Kier molecular flexibility index (Phi) is 6.17. The second-order valence-electron chi connectivity index (χ2n) is 6.93. The van der Waals surface area contributed by atoms with Gasteiger partial charge in [-0.3, -0.25) is 4.79 Å². The van der Waals surface area contributed by atoms with Crippen molar-refractivity contribution in [3.05, 3.63) is 50.6 Å². The molecule has 0 bridgehead atoms. The van der Waals surface area contributed by atoms with Crippen molar-refractivity contribution in [2.45, 2.75) is 23.4 Å². The van der Waals surface area contributed by atoms with Crippen LogP contribution in [-0.2, 0) is 14.8 Å². The van der Waals surface area contributed by atoms with Crippen LogP contribution in [0.2, 0.25) is 10.0 Å². The molecule has 2 unspecified atom stereocenters. The molecule has 7 nitrogen and oxygen atoms in total. The second-order valence-corrected chi connectivity index (χ2v) is 10.6. The summed E-state index contributed by atoms with van der Waals surface area (Å²) in [5, 5.41) is 2.23. The van der Waals surface area contributed by atoms with Gasteiger partial charge in [0.15, 0.2) is 0 Å². The summed E-state index contributed by atoms with van der Waals surface area (Å²) in [6.07, 6.45) is 0.663. The van der Waals surface area contributed by atoms with Crippen molar-refractivity contribution in [2.24, 2.45) is 0 Å². The number of sulfonamides is 1. The third-order valence-electron chi connectivity index (χ3n) is 5.17. The van der Waals surface area contributed by atoms with Gasteiger partial charge in [0.1, 0.15) is 10.9 Å². The topological polar surface area (TPSA) is 81.8 Å². The van der Waals surface area contributed by atoms with E-state index in [1.165, 1.54) is 15.2 Å². The molecule has 156 valence electrons. The van der Waals surface area contributed by atoms with Crippen molar-refractivity contribution in [1.82, 2.24) is 20.1 Å². The maximum atomic E-state index is 12.9. The van der Waals surface area contributed by atoms with E-state index < -0.39 is 10.0 Å². The molecule has 0 spiro atoms. The molecule has 0 radical (unpaired) electrons. The van der Waals surface area contributed by atoms with Crippen molar-refractivity contribution < 1.29 is 13.2 Å². The van der Waals surface area contributed by atoms with Crippen molar-refractivity contribution in [3.63, 3.8) is 0 Å². The minimum absolute atomic E-state index is 0.00751. The maximum absolute atomic E-state index is 12.9. The van der Waals surface area contributed by atoms with Crippen LogP contribution in [0.1, 0.15) is 17.3 Å². The number of rotatable bonds is 4. The number of hydrazine groups is 1. The van der Waals surface area contributed by atoms with Crippen LogP contribution in [-0.4, -0.2) is 55.8 Å². The van der Waals surface area contributed by atoms with Gasteiger partial charge in [-0.05, 0) is 30.0 Å². The van der Waals surface area contributed by atoms with Crippen LogP contribution in [0.4, 0.5) is 0 Å². The summed E-state index contributed by atoms with van der Waals surface area (Å²) in [6, 6.07) is 8.36. The van der Waals surface area contributed by atoms with Crippen molar-refractivity contribution in [3.8, 4) is 0 Å². The van der Waals surface area contributed by atoms with Gasteiger partial charge in [0.2, 0.25) is 15.9 Å². The lowest BCUT2D eigenvalue weighted by atomic mass is 10.1. The Morgan fingerprint density at radius 1 is 1.07 bits per heavy atom. The van der Waals surface area contributed by atoms with Crippen LogP contribution in [0, 0.1) is 0 Å². The Morgan fingerprint density at radius 2 is 1.83 bits per heavy atom. The smallest absolute Gasteiger partial charge is 0.244 e. The lowest BCUT2D eigenvalue weighted by Gasteiger charge is -2.35. The quantitative estimate of drug-likeness (QED) is 0.711. The molecular weight excluding hydrogens is 455 g/mol. The average Bonchev–Trinajstić information content (AvgIpc) is 3.41. The molecule has 2 aromatic rings. The van der Waals surface area contributed by atoms with Gasteiger partial charge in [-0.1, -0.05) is 35.3 Å². The standard InChI is InChI=1S/C18H20Cl2N4O3S2/c19-12-3-1-5-16(17(12)20)29(26,27)24-8-6-23(7-9-24)18(25)14-11-13(21-22-14)15-4-2-10-28-15/h1-5,10,13-14,21-22H,6-9,11H2. The SMILES string of the molecule is O=C(C1CC(c2cccs2)NN1)N1CCN(S(=O)(=O)c2cccc(Cl)c2Cl)CC1. The van der Waals surface area contributed by atoms with Crippen molar-refractivity contribution in [1.29, 1.82) is 0 Å². The number of hydrogen-bond acceptors (Lipinski definition) is 6. The number of carbonyl (C=O) groups is 1. The first-order valence-electron chi connectivity index (χ1n) is 9.15. The Labute approximate surface area is 183 Å². The number of halogens is 2. The van der Waals surface area contributed by atoms with E-state index >= 15 is 0 Å². The first kappa shape index (κ1) is 21.0. The van der Waals surface area contributed by atoms with Gasteiger partial charge in [0, 0.05) is 31.1 Å². The van der Waals surface area contributed by atoms with E-state index in [4.69, 9.17) is 23.2 Å². The maximum Gasteiger partial charge on any atom is 0.244 e. The predicted molar refractivity (Wildman–Crippen MR) is 114 cm³/mol. The zero-order chi connectivity index (χ0) is 20.6. The lowest BCUT2D eigenvalue weighted by Crippen LogP contribution is -2.54. The largest absolute Gasteiger partial charge is 0.339 e. The average molecular weight is 475 g/mol. The molecule has 0 saturated carbocycles. The van der Waals surface area contributed by atoms with E-state index in [0.29, 0.717) is 19.5 Å². The van der Waals surface area contributed by atoms with E-state index in [1.54, 1.807) is 28.4 Å². The van der Waals surface area contributed by atoms with E-state index in [0.717, 1.165) is 0 Å². The van der Waals surface area contributed by atoms with Crippen LogP contribution in [0.3, 0.4) is 0 Å². The summed E-state index contributed by atoms with van der Waals surface area (Å²) in [5.74, 6) is -0.0191. The van der Waals surface area contributed by atoms with E-state index in [1.807, 2.05) is 17.5 Å². The number of piperazine rings is 1. The number of nitrogens with one attached hydrogen (secondary N) is 2. The molecular formula is C18H20Cl2N4O3S2. The molecule has 1 aromatic carbocycles. The van der Waals surface area contributed by atoms with Gasteiger partial charge in [-0.15, -0.1) is 11.3 Å². The zero-order valence-electron chi connectivity index (χ0n) is 15.3. The van der Waals surface area contributed by atoms with Gasteiger partial charge in [0.05, 0.1) is 16.1 Å². The number of hydrogen-bond donors (Lipinski definition) is 2. The van der Waals surface area contributed by atoms with Crippen LogP contribution in [0.25, 0.3) is 0 Å². The van der Waals surface area contributed by atoms with Gasteiger partial charge in [-0.2, -0.15) is 4.31 Å². The number of amides is 1. The van der Waals surface area contributed by atoms with Gasteiger partial charge in [-0.25, -0.2) is 19.3 Å². The molecule has 2 saturated heterocycles. The van der Waals surface area contributed by atoms with Gasteiger partial charge < -0.3 is 4.90 Å². The lowest BCUT2D eigenvalue weighted by molar-refractivity contribution is -0.134. The minimum Gasteiger partial charge on any atom is -0.339 e. The molecule has 2 fully saturated rings. The first-order valence-corrected chi connectivity index (χ1v) is 12.2. The highest BCUT2D eigenvalue weighted by Gasteiger charge is 2.36. The molecule has 2 aliphatic heterocycles. The Balaban J connectivity index is 1.38. The van der Waals surface area contributed by atoms with Crippen molar-refractivity contribution >= 4 is 50.5 Å². The van der Waals surface area contributed by atoms with Crippen LogP contribution >= 0.6 is 34.5 Å². The summed E-state index contributed by atoms with van der Waals surface area (Å²) in [4.78, 5) is 15.7. The molecule has 1 amide bonds. The zero-order valence-corrected chi connectivity index (χ0v) is 18.5. The normalized spacial score (nSPS) is 23.4. The summed E-state index contributed by atoms with van der Waals surface area (Å²) in [6.45, 7) is 1.09. The van der Waals surface area contributed by atoms with E-state index in [9.17, 15) is 13.2 Å². The fourth-order valence-electron chi connectivity index (χ4n) is 3.59. The van der Waals surface area contributed by atoms with Crippen LogP contribution < -0.4 is 10.9 Å². The molecule has 11 heteroatoms. The predicted octanol–water partition coefficient (Wildman–Crippen LogP) is 2.50. The van der Waals surface area contributed by atoms with Gasteiger partial charge in [0.25, 0.3) is 0 Å². The monoisotopic (exact) mass is 474 g/mol. The Hall–Kier alpha value is -1.20. The fraction of sp³-hybridized carbons (Fsp3) is 0.389. The summed E-state index contributed by atoms with van der Waals surface area (Å²) in [5.41, 5.74) is 6.25. The van der Waals surface area contributed by atoms with E-state index in [2.05, 4.69) is 10.9 Å². The third-order valence-corrected chi connectivity index (χ3v) is 9.03. The van der Waals surface area contributed by atoms with Crippen molar-refractivity contribution in [2.75, 3.05) is 26.2 Å². The highest BCUT2D eigenvalue weighted by Crippen LogP contribution is 2.31. The molecule has 3 heterocycles. The molecule has 2 atom stereocenters. The highest BCUT2D eigenvalue weighted by molar-refractivity contribution is 7.89. The van der Waals surface area contributed by atoms with Gasteiger partial charge >= 0.3 is 0 Å². The van der Waals surface area contributed by atoms with Crippen LogP contribution in [0.5, 0.6) is 0 Å². The molecule has 2 N–H and O–H groups in total. The number of thiophene rings is 1. The fourth-order valence-corrected chi connectivity index (χ4v) is 6.53. The number of benzene rings is 1. The van der Waals surface area contributed by atoms with E-state index in [-0.39, 0.29) is 46.0 Å². The second kappa shape index (κ2) is 8.50. The minimum atomic E-state index is -3.77. The molecule has 29 heavy (non-hydrogen) atoms.